The molecule has 0 bridgehead atoms. The molecule has 0 fully saturated rings. The minimum absolute atomic E-state index is 0.0624. The topological polar surface area (TPSA) is 106 Å². The number of anilines is 2. The van der Waals surface area contributed by atoms with Gasteiger partial charge in [-0.05, 0) is 37.3 Å². The van der Waals surface area contributed by atoms with Gasteiger partial charge in [-0.2, -0.15) is 0 Å². The number of nitrogens with zero attached hydrogens (tertiary/aromatic N) is 2. The van der Waals surface area contributed by atoms with Crippen molar-refractivity contribution in [3.63, 3.8) is 0 Å². The number of esters is 1. The van der Waals surface area contributed by atoms with Crippen molar-refractivity contribution in [2.45, 2.75) is 6.92 Å². The van der Waals surface area contributed by atoms with Crippen LogP contribution in [0.2, 0.25) is 0 Å². The molecule has 0 radical (unpaired) electrons. The fourth-order valence-electron chi connectivity index (χ4n) is 3.03. The summed E-state index contributed by atoms with van der Waals surface area (Å²) in [4.78, 5) is 20.9. The number of carbonyl (C=O) groups excluding carboxylic acids is 1. The zero-order chi connectivity index (χ0) is 21.1. The van der Waals surface area contributed by atoms with Crippen molar-refractivity contribution in [3.05, 3.63) is 59.5 Å². The van der Waals surface area contributed by atoms with E-state index in [1.165, 1.54) is 0 Å². The number of rotatable bonds is 6. The number of aromatic nitrogens is 1. The number of pyridine rings is 1. The third-order valence-corrected chi connectivity index (χ3v) is 4.43. The van der Waals surface area contributed by atoms with Crippen molar-refractivity contribution in [2.75, 3.05) is 19.0 Å². The summed E-state index contributed by atoms with van der Waals surface area (Å²) in [6.07, 6.45) is 4.88. The maximum atomic E-state index is 12.5. The molecule has 3 heterocycles. The lowest BCUT2D eigenvalue weighted by atomic mass is 10.1. The van der Waals surface area contributed by atoms with Gasteiger partial charge in [0.05, 0.1) is 13.7 Å². The van der Waals surface area contributed by atoms with E-state index in [4.69, 9.17) is 13.9 Å². The summed E-state index contributed by atoms with van der Waals surface area (Å²) in [6.45, 7) is 1.84. The molecular weight excluding hydrogens is 386 g/mol. The summed E-state index contributed by atoms with van der Waals surface area (Å²) >= 11 is 0. The van der Waals surface area contributed by atoms with Crippen molar-refractivity contribution in [2.24, 2.45) is 4.99 Å². The Hall–Kier alpha value is -4.07. The Morgan fingerprint density at radius 2 is 2.17 bits per heavy atom. The summed E-state index contributed by atoms with van der Waals surface area (Å²) in [6, 6.07) is 10.7. The fraction of sp³-hybridized carbons (Fsp3) is 0.136. The van der Waals surface area contributed by atoms with E-state index in [2.05, 4.69) is 15.3 Å². The second-order valence-electron chi connectivity index (χ2n) is 6.33. The Kier molecular flexibility index (Phi) is 5.21. The monoisotopic (exact) mass is 405 g/mol. The molecule has 2 N–H and O–H groups in total. The standard InChI is InChI=1S/C22H19N3O5/c1-3-29-22(27)18-19(26)17(10-13-12-24-20-16(13)8-5-9-23-20)30-21(18)25-14-6-4-7-15(11-14)28-2/h4-12,25-26H,3H2,1-2H3/b13-10+. The summed E-state index contributed by atoms with van der Waals surface area (Å²) in [5, 5.41) is 13.7. The fourth-order valence-corrected chi connectivity index (χ4v) is 3.03. The predicted octanol–water partition coefficient (Wildman–Crippen LogP) is 4.57. The van der Waals surface area contributed by atoms with Gasteiger partial charge in [0.1, 0.15) is 5.75 Å². The number of aromatic hydroxyl groups is 1. The van der Waals surface area contributed by atoms with Crippen molar-refractivity contribution < 1.29 is 23.8 Å². The number of fused-ring (bicyclic) bond motifs is 1. The van der Waals surface area contributed by atoms with Crippen molar-refractivity contribution in [1.82, 2.24) is 4.98 Å². The van der Waals surface area contributed by atoms with Gasteiger partial charge in [0.2, 0.25) is 5.88 Å². The summed E-state index contributed by atoms with van der Waals surface area (Å²) in [7, 11) is 1.56. The van der Waals surface area contributed by atoms with Gasteiger partial charge >= 0.3 is 5.97 Å². The average molecular weight is 405 g/mol. The highest BCUT2D eigenvalue weighted by molar-refractivity contribution is 6.21. The number of aliphatic imine (C=N–C) groups is 1. The second kappa shape index (κ2) is 8.12. The van der Waals surface area contributed by atoms with Crippen LogP contribution in [0.25, 0.3) is 11.6 Å². The van der Waals surface area contributed by atoms with Crippen molar-refractivity contribution >= 4 is 41.2 Å². The second-order valence-corrected chi connectivity index (χ2v) is 6.33. The molecule has 30 heavy (non-hydrogen) atoms. The lowest BCUT2D eigenvalue weighted by Gasteiger charge is -2.07. The molecule has 0 amide bonds. The van der Waals surface area contributed by atoms with Crippen LogP contribution in [0.4, 0.5) is 17.4 Å². The molecule has 0 unspecified atom stereocenters. The third kappa shape index (κ3) is 3.62. The Balaban J connectivity index is 1.76. The Labute approximate surface area is 172 Å². The van der Waals surface area contributed by atoms with Gasteiger partial charge in [0, 0.05) is 35.3 Å². The van der Waals surface area contributed by atoms with E-state index < -0.39 is 5.97 Å². The molecular formula is C22H19N3O5. The molecule has 1 aliphatic rings. The van der Waals surface area contributed by atoms with Gasteiger partial charge < -0.3 is 24.3 Å². The molecule has 0 aliphatic carbocycles. The molecule has 0 atom stereocenters. The lowest BCUT2D eigenvalue weighted by Crippen LogP contribution is -2.06. The zero-order valence-electron chi connectivity index (χ0n) is 16.4. The first kappa shape index (κ1) is 19.3. The zero-order valence-corrected chi connectivity index (χ0v) is 16.4. The van der Waals surface area contributed by atoms with Crippen LogP contribution < -0.4 is 10.1 Å². The molecule has 4 rings (SSSR count). The van der Waals surface area contributed by atoms with Crippen LogP contribution in [-0.2, 0) is 4.74 Å². The molecule has 0 saturated carbocycles. The maximum Gasteiger partial charge on any atom is 0.347 e. The predicted molar refractivity (Wildman–Crippen MR) is 113 cm³/mol. The average Bonchev–Trinajstić information content (AvgIpc) is 3.29. The van der Waals surface area contributed by atoms with Crippen LogP contribution in [-0.4, -0.2) is 36.0 Å². The minimum atomic E-state index is -0.698. The largest absolute Gasteiger partial charge is 0.504 e. The highest BCUT2D eigenvalue weighted by Crippen LogP contribution is 2.39. The highest BCUT2D eigenvalue weighted by Gasteiger charge is 2.27. The number of allylic oxidation sites excluding steroid dienone is 1. The number of furan rings is 1. The van der Waals surface area contributed by atoms with Gasteiger partial charge in [-0.1, -0.05) is 6.07 Å². The SMILES string of the molecule is CCOC(=O)c1c(Nc2cccc(OC)c2)oc(/C=C2\C=Nc3ncccc32)c1O. The van der Waals surface area contributed by atoms with E-state index in [1.807, 2.05) is 6.07 Å². The van der Waals surface area contributed by atoms with E-state index in [0.29, 0.717) is 22.8 Å². The lowest BCUT2D eigenvalue weighted by molar-refractivity contribution is 0.0524. The molecule has 1 aliphatic heterocycles. The quantitative estimate of drug-likeness (QED) is 0.579. The first-order chi connectivity index (χ1) is 14.6. The Bertz CT molecular complexity index is 1160. The Morgan fingerprint density at radius 1 is 1.30 bits per heavy atom. The third-order valence-electron chi connectivity index (χ3n) is 4.43. The van der Waals surface area contributed by atoms with Crippen LogP contribution >= 0.6 is 0 Å². The van der Waals surface area contributed by atoms with E-state index in [9.17, 15) is 9.90 Å². The van der Waals surface area contributed by atoms with Crippen LogP contribution in [0.5, 0.6) is 11.5 Å². The van der Waals surface area contributed by atoms with Gasteiger partial charge in [-0.15, -0.1) is 0 Å². The first-order valence-corrected chi connectivity index (χ1v) is 9.25. The number of carbonyl (C=O) groups is 1. The molecule has 0 saturated heterocycles. The number of methoxy groups -OCH3 is 1. The first-order valence-electron chi connectivity index (χ1n) is 9.25. The summed E-state index contributed by atoms with van der Waals surface area (Å²) in [5.41, 5.74) is 2.02. The molecule has 152 valence electrons. The smallest absolute Gasteiger partial charge is 0.347 e. The molecule has 1 aromatic carbocycles. The number of nitrogens with one attached hydrogen (secondary N) is 1. The molecule has 3 aromatic rings. The van der Waals surface area contributed by atoms with Gasteiger partial charge in [-0.3, -0.25) is 0 Å². The van der Waals surface area contributed by atoms with Gasteiger partial charge in [-0.25, -0.2) is 14.8 Å². The Morgan fingerprint density at radius 3 is 2.97 bits per heavy atom. The van der Waals surface area contributed by atoms with Crippen LogP contribution in [0, 0.1) is 0 Å². The number of benzene rings is 1. The molecule has 2 aromatic heterocycles. The van der Waals surface area contributed by atoms with Crippen LogP contribution in [0.15, 0.2) is 52.0 Å². The normalized spacial score (nSPS) is 13.3. The van der Waals surface area contributed by atoms with E-state index in [1.54, 1.807) is 62.9 Å². The summed E-state index contributed by atoms with van der Waals surface area (Å²) < 4.78 is 16.1. The number of ether oxygens (including phenoxy) is 2. The minimum Gasteiger partial charge on any atom is -0.504 e. The van der Waals surface area contributed by atoms with E-state index >= 15 is 0 Å². The maximum absolute atomic E-state index is 12.5. The summed E-state index contributed by atoms with van der Waals surface area (Å²) in [5.74, 6) is 0.347. The number of hydrogen-bond acceptors (Lipinski definition) is 8. The van der Waals surface area contributed by atoms with E-state index in [0.717, 1.165) is 5.56 Å². The molecule has 8 heteroatoms. The van der Waals surface area contributed by atoms with Gasteiger partial charge in [0.15, 0.2) is 22.9 Å². The van der Waals surface area contributed by atoms with E-state index in [-0.39, 0.29) is 29.6 Å². The number of hydrogen-bond donors (Lipinski definition) is 2. The van der Waals surface area contributed by atoms with Crippen LogP contribution in [0.3, 0.4) is 0 Å². The highest BCUT2D eigenvalue weighted by atomic mass is 16.5. The van der Waals surface area contributed by atoms with Crippen molar-refractivity contribution in [3.8, 4) is 11.5 Å². The van der Waals surface area contributed by atoms with Crippen LogP contribution in [0.1, 0.15) is 28.6 Å². The van der Waals surface area contributed by atoms with Crippen molar-refractivity contribution in [1.29, 1.82) is 0 Å². The molecule has 8 nitrogen and oxygen atoms in total. The molecule has 0 spiro atoms. The van der Waals surface area contributed by atoms with Gasteiger partial charge in [0.25, 0.3) is 0 Å².